The molecule has 72 valence electrons. The summed E-state index contributed by atoms with van der Waals surface area (Å²) in [6.45, 7) is 2.17. The van der Waals surface area contributed by atoms with Gasteiger partial charge in [-0.3, -0.25) is 4.68 Å². The second-order valence-electron chi connectivity index (χ2n) is 3.58. The maximum absolute atomic E-state index is 4.10. The molecule has 0 radical (unpaired) electrons. The van der Waals surface area contributed by atoms with Crippen molar-refractivity contribution in [3.05, 3.63) is 12.4 Å². The fourth-order valence-electron chi connectivity index (χ4n) is 1.68. The molecular weight excluding hydrogens is 164 g/mol. The molecule has 0 amide bonds. The molecule has 1 aliphatic heterocycles. The molecule has 4 nitrogen and oxygen atoms in total. The Morgan fingerprint density at radius 1 is 1.77 bits per heavy atom. The van der Waals surface area contributed by atoms with Gasteiger partial charge in [0.25, 0.3) is 0 Å². The third kappa shape index (κ3) is 2.21. The summed E-state index contributed by atoms with van der Waals surface area (Å²) in [7, 11) is 1.93. The standard InChI is InChI=1S/C9H16N4/c1-13-7-9(6-12-13)11-5-8-3-2-4-10-8/h6-8,10-11H,2-5H2,1H3. The van der Waals surface area contributed by atoms with Crippen LogP contribution in [0, 0.1) is 0 Å². The van der Waals surface area contributed by atoms with Crippen LogP contribution in [-0.2, 0) is 7.05 Å². The molecule has 0 bridgehead atoms. The minimum absolute atomic E-state index is 0.639. The minimum Gasteiger partial charge on any atom is -0.381 e. The Hall–Kier alpha value is -1.03. The predicted molar refractivity (Wildman–Crippen MR) is 52.7 cm³/mol. The fourth-order valence-corrected chi connectivity index (χ4v) is 1.68. The lowest BCUT2D eigenvalue weighted by molar-refractivity contribution is 0.633. The number of aryl methyl sites for hydroxylation is 1. The van der Waals surface area contributed by atoms with Crippen molar-refractivity contribution in [1.82, 2.24) is 15.1 Å². The lowest BCUT2D eigenvalue weighted by atomic mass is 10.2. The Morgan fingerprint density at radius 3 is 3.31 bits per heavy atom. The Labute approximate surface area is 78.3 Å². The Balaban J connectivity index is 1.78. The molecule has 13 heavy (non-hydrogen) atoms. The van der Waals surface area contributed by atoms with E-state index in [1.165, 1.54) is 19.4 Å². The summed E-state index contributed by atoms with van der Waals surface area (Å²) in [6, 6.07) is 0.639. The third-order valence-corrected chi connectivity index (χ3v) is 2.42. The van der Waals surface area contributed by atoms with E-state index >= 15 is 0 Å². The zero-order valence-electron chi connectivity index (χ0n) is 7.95. The molecule has 1 saturated heterocycles. The van der Waals surface area contributed by atoms with E-state index < -0.39 is 0 Å². The van der Waals surface area contributed by atoms with Gasteiger partial charge in [-0.25, -0.2) is 0 Å². The van der Waals surface area contributed by atoms with E-state index in [4.69, 9.17) is 0 Å². The molecule has 1 aliphatic rings. The van der Waals surface area contributed by atoms with Crippen LogP contribution in [0.15, 0.2) is 12.4 Å². The zero-order valence-corrected chi connectivity index (χ0v) is 7.95. The van der Waals surface area contributed by atoms with Gasteiger partial charge in [-0.1, -0.05) is 0 Å². The van der Waals surface area contributed by atoms with Gasteiger partial charge in [0.2, 0.25) is 0 Å². The summed E-state index contributed by atoms with van der Waals surface area (Å²) < 4.78 is 1.81. The summed E-state index contributed by atoms with van der Waals surface area (Å²) in [5, 5.41) is 10.9. The summed E-state index contributed by atoms with van der Waals surface area (Å²) >= 11 is 0. The molecule has 1 aromatic rings. The fraction of sp³-hybridized carbons (Fsp3) is 0.667. The highest BCUT2D eigenvalue weighted by Crippen LogP contribution is 2.07. The van der Waals surface area contributed by atoms with Crippen molar-refractivity contribution >= 4 is 5.69 Å². The van der Waals surface area contributed by atoms with Crippen LogP contribution in [0.5, 0.6) is 0 Å². The number of nitrogens with one attached hydrogen (secondary N) is 2. The van der Waals surface area contributed by atoms with Crippen LogP contribution < -0.4 is 10.6 Å². The van der Waals surface area contributed by atoms with Gasteiger partial charge in [-0.05, 0) is 19.4 Å². The number of hydrogen-bond acceptors (Lipinski definition) is 3. The van der Waals surface area contributed by atoms with Gasteiger partial charge in [0.1, 0.15) is 0 Å². The van der Waals surface area contributed by atoms with Crippen LogP contribution in [0.2, 0.25) is 0 Å². The van der Waals surface area contributed by atoms with Gasteiger partial charge in [0, 0.05) is 25.8 Å². The summed E-state index contributed by atoms with van der Waals surface area (Å²) in [5.41, 5.74) is 1.11. The van der Waals surface area contributed by atoms with Crippen LogP contribution in [-0.4, -0.2) is 28.9 Å². The molecule has 1 atom stereocenters. The van der Waals surface area contributed by atoms with Crippen LogP contribution in [0.1, 0.15) is 12.8 Å². The lowest BCUT2D eigenvalue weighted by Crippen LogP contribution is -2.29. The minimum atomic E-state index is 0.639. The van der Waals surface area contributed by atoms with Crippen LogP contribution >= 0.6 is 0 Å². The van der Waals surface area contributed by atoms with E-state index in [-0.39, 0.29) is 0 Å². The number of hydrogen-bond donors (Lipinski definition) is 2. The summed E-state index contributed by atoms with van der Waals surface area (Å²) in [5.74, 6) is 0. The first-order valence-corrected chi connectivity index (χ1v) is 4.80. The van der Waals surface area contributed by atoms with E-state index in [9.17, 15) is 0 Å². The largest absolute Gasteiger partial charge is 0.381 e. The Bertz CT molecular complexity index is 262. The van der Waals surface area contributed by atoms with E-state index in [1.54, 1.807) is 0 Å². The van der Waals surface area contributed by atoms with Gasteiger partial charge in [0.15, 0.2) is 0 Å². The first-order chi connectivity index (χ1) is 6.34. The van der Waals surface area contributed by atoms with Crippen molar-refractivity contribution in [3.63, 3.8) is 0 Å². The maximum Gasteiger partial charge on any atom is 0.0726 e. The molecule has 0 aromatic carbocycles. The van der Waals surface area contributed by atoms with Gasteiger partial charge in [-0.15, -0.1) is 0 Å². The number of rotatable bonds is 3. The monoisotopic (exact) mass is 180 g/mol. The van der Waals surface area contributed by atoms with Crippen molar-refractivity contribution in [1.29, 1.82) is 0 Å². The molecule has 1 unspecified atom stereocenters. The second kappa shape index (κ2) is 3.79. The van der Waals surface area contributed by atoms with Crippen molar-refractivity contribution in [2.45, 2.75) is 18.9 Å². The van der Waals surface area contributed by atoms with Gasteiger partial charge in [-0.2, -0.15) is 5.10 Å². The molecular formula is C9H16N4. The molecule has 0 aliphatic carbocycles. The maximum atomic E-state index is 4.10. The van der Waals surface area contributed by atoms with Crippen LogP contribution in [0.4, 0.5) is 5.69 Å². The molecule has 2 N–H and O–H groups in total. The van der Waals surface area contributed by atoms with Gasteiger partial charge < -0.3 is 10.6 Å². The van der Waals surface area contributed by atoms with Gasteiger partial charge >= 0.3 is 0 Å². The quantitative estimate of drug-likeness (QED) is 0.715. The molecule has 2 heterocycles. The average molecular weight is 180 g/mol. The van der Waals surface area contributed by atoms with Crippen LogP contribution in [0.25, 0.3) is 0 Å². The Morgan fingerprint density at radius 2 is 2.69 bits per heavy atom. The summed E-state index contributed by atoms with van der Waals surface area (Å²) in [6.07, 6.45) is 6.44. The number of anilines is 1. The smallest absolute Gasteiger partial charge is 0.0726 e. The van der Waals surface area contributed by atoms with E-state index in [0.717, 1.165) is 12.2 Å². The van der Waals surface area contributed by atoms with Crippen molar-refractivity contribution < 1.29 is 0 Å². The molecule has 4 heteroatoms. The normalized spacial score (nSPS) is 22.1. The Kier molecular flexibility index (Phi) is 2.49. The van der Waals surface area contributed by atoms with E-state index in [1.807, 2.05) is 24.1 Å². The molecule has 1 fully saturated rings. The highest BCUT2D eigenvalue weighted by Gasteiger charge is 2.13. The van der Waals surface area contributed by atoms with Crippen molar-refractivity contribution in [2.75, 3.05) is 18.4 Å². The second-order valence-corrected chi connectivity index (χ2v) is 3.58. The predicted octanol–water partition coefficient (Wildman–Crippen LogP) is 0.584. The van der Waals surface area contributed by atoms with Crippen molar-refractivity contribution in [2.24, 2.45) is 7.05 Å². The van der Waals surface area contributed by atoms with Gasteiger partial charge in [0.05, 0.1) is 11.9 Å². The zero-order chi connectivity index (χ0) is 9.10. The molecule has 2 rings (SSSR count). The SMILES string of the molecule is Cn1cc(NCC2CCCN2)cn1. The first-order valence-electron chi connectivity index (χ1n) is 4.80. The first kappa shape index (κ1) is 8.56. The molecule has 0 spiro atoms. The highest BCUT2D eigenvalue weighted by atomic mass is 15.3. The van der Waals surface area contributed by atoms with E-state index in [0.29, 0.717) is 6.04 Å². The highest BCUT2D eigenvalue weighted by molar-refractivity contribution is 5.38. The molecule has 1 aromatic heterocycles. The molecule has 0 saturated carbocycles. The number of aromatic nitrogens is 2. The average Bonchev–Trinajstić information content (AvgIpc) is 2.71. The lowest BCUT2D eigenvalue weighted by Gasteiger charge is -2.10. The topological polar surface area (TPSA) is 41.9 Å². The summed E-state index contributed by atoms with van der Waals surface area (Å²) in [4.78, 5) is 0. The van der Waals surface area contributed by atoms with Crippen LogP contribution in [0.3, 0.4) is 0 Å². The van der Waals surface area contributed by atoms with Crippen molar-refractivity contribution in [3.8, 4) is 0 Å². The number of nitrogens with zero attached hydrogens (tertiary/aromatic N) is 2. The van der Waals surface area contributed by atoms with E-state index in [2.05, 4.69) is 15.7 Å². The third-order valence-electron chi connectivity index (χ3n) is 2.42.